The Morgan fingerprint density at radius 2 is 2.07 bits per heavy atom. The number of hydrogen-bond acceptors (Lipinski definition) is 4. The molecule has 0 amide bonds. The van der Waals surface area contributed by atoms with E-state index in [1.807, 2.05) is 0 Å². The summed E-state index contributed by atoms with van der Waals surface area (Å²) in [6.07, 6.45) is 0. The first-order valence-electron chi connectivity index (χ1n) is 4.38. The monoisotopic (exact) mass is 207 g/mol. The zero-order chi connectivity index (χ0) is 11.3. The summed E-state index contributed by atoms with van der Waals surface area (Å²) in [7, 11) is 1.34. The van der Waals surface area contributed by atoms with Gasteiger partial charge in [0.1, 0.15) is 5.84 Å². The van der Waals surface area contributed by atoms with Gasteiger partial charge < -0.3 is 15.8 Å². The quantitative estimate of drug-likeness (QED) is 0.387. The van der Waals surface area contributed by atoms with Gasteiger partial charge in [0.15, 0.2) is 0 Å². The van der Waals surface area contributed by atoms with Crippen LogP contribution in [0, 0.1) is 5.41 Å². The highest BCUT2D eigenvalue weighted by atomic mass is 16.5. The second-order valence-electron chi connectivity index (χ2n) is 2.95. The van der Waals surface area contributed by atoms with Gasteiger partial charge >= 0.3 is 5.97 Å². The van der Waals surface area contributed by atoms with Crippen molar-refractivity contribution in [1.29, 1.82) is 5.41 Å². The summed E-state index contributed by atoms with van der Waals surface area (Å²) in [6, 6.07) is 6.76. The highest BCUT2D eigenvalue weighted by molar-refractivity contribution is 5.89. The maximum atomic E-state index is 11.1. The molecule has 5 heteroatoms. The Hall–Kier alpha value is -2.04. The number of nitrogens with two attached hydrogens (primary N) is 1. The van der Waals surface area contributed by atoms with Crippen LogP contribution in [0.3, 0.4) is 0 Å². The third-order valence-electron chi connectivity index (χ3n) is 1.79. The van der Waals surface area contributed by atoms with E-state index in [1.165, 1.54) is 7.11 Å². The minimum Gasteiger partial charge on any atom is -0.465 e. The number of ether oxygens (including phenoxy) is 1. The Kier molecular flexibility index (Phi) is 3.68. The Morgan fingerprint density at radius 1 is 1.47 bits per heavy atom. The topological polar surface area (TPSA) is 88.2 Å². The summed E-state index contributed by atoms with van der Waals surface area (Å²) >= 11 is 0. The number of hydrogen-bond donors (Lipinski definition) is 3. The zero-order valence-corrected chi connectivity index (χ0v) is 8.41. The van der Waals surface area contributed by atoms with Crippen LogP contribution in [0.15, 0.2) is 24.3 Å². The number of esters is 1. The molecule has 1 aromatic rings. The van der Waals surface area contributed by atoms with Crippen molar-refractivity contribution in [3.05, 3.63) is 29.8 Å². The zero-order valence-electron chi connectivity index (χ0n) is 8.41. The molecule has 0 bridgehead atoms. The molecule has 0 radical (unpaired) electrons. The van der Waals surface area contributed by atoms with Crippen molar-refractivity contribution in [2.24, 2.45) is 5.73 Å². The molecular weight excluding hydrogens is 194 g/mol. The first kappa shape index (κ1) is 11.0. The fourth-order valence-corrected chi connectivity index (χ4v) is 1.04. The molecule has 0 atom stereocenters. The largest absolute Gasteiger partial charge is 0.465 e. The van der Waals surface area contributed by atoms with Crippen LogP contribution in [0.5, 0.6) is 0 Å². The van der Waals surface area contributed by atoms with Gasteiger partial charge in [0.05, 0.1) is 19.2 Å². The number of benzene rings is 1. The van der Waals surface area contributed by atoms with Crippen molar-refractivity contribution in [3.63, 3.8) is 0 Å². The van der Waals surface area contributed by atoms with E-state index in [0.717, 1.165) is 5.69 Å². The lowest BCUT2D eigenvalue weighted by molar-refractivity contribution is 0.0601. The van der Waals surface area contributed by atoms with Gasteiger partial charge in [0.25, 0.3) is 0 Å². The summed E-state index contributed by atoms with van der Waals surface area (Å²) in [6.45, 7) is 0.289. The van der Waals surface area contributed by atoms with E-state index in [1.54, 1.807) is 24.3 Å². The number of anilines is 1. The summed E-state index contributed by atoms with van der Waals surface area (Å²) in [5, 5.41) is 9.95. The Labute approximate surface area is 87.7 Å². The number of carbonyl (C=O) groups excluding carboxylic acids is 1. The molecule has 0 saturated heterocycles. The van der Waals surface area contributed by atoms with Gasteiger partial charge in [-0.15, -0.1) is 0 Å². The van der Waals surface area contributed by atoms with Crippen LogP contribution in [-0.4, -0.2) is 25.5 Å². The van der Waals surface area contributed by atoms with Crippen molar-refractivity contribution in [3.8, 4) is 0 Å². The van der Waals surface area contributed by atoms with Gasteiger partial charge in [0, 0.05) is 5.69 Å². The number of nitrogens with one attached hydrogen (secondary N) is 2. The highest BCUT2D eigenvalue weighted by Crippen LogP contribution is 2.09. The number of methoxy groups -OCH3 is 1. The molecule has 1 aromatic carbocycles. The lowest BCUT2D eigenvalue weighted by Gasteiger charge is -2.05. The molecule has 0 unspecified atom stereocenters. The van der Waals surface area contributed by atoms with Gasteiger partial charge in [-0.05, 0) is 24.3 Å². The van der Waals surface area contributed by atoms with E-state index >= 15 is 0 Å². The average molecular weight is 207 g/mol. The summed E-state index contributed by atoms with van der Waals surface area (Å²) in [4.78, 5) is 11.1. The summed E-state index contributed by atoms with van der Waals surface area (Å²) in [5.41, 5.74) is 6.48. The molecule has 0 aromatic heterocycles. The molecule has 0 fully saturated rings. The van der Waals surface area contributed by atoms with Crippen LogP contribution in [0.4, 0.5) is 5.69 Å². The molecular formula is C10H13N3O2. The van der Waals surface area contributed by atoms with Crippen molar-refractivity contribution < 1.29 is 9.53 Å². The van der Waals surface area contributed by atoms with E-state index in [4.69, 9.17) is 11.1 Å². The Morgan fingerprint density at radius 3 is 2.53 bits per heavy atom. The number of carbonyl (C=O) groups is 1. The molecule has 4 N–H and O–H groups in total. The Balaban J connectivity index is 2.64. The molecule has 1 rings (SSSR count). The molecule has 15 heavy (non-hydrogen) atoms. The van der Waals surface area contributed by atoms with E-state index in [0.29, 0.717) is 5.56 Å². The second-order valence-corrected chi connectivity index (χ2v) is 2.95. The van der Waals surface area contributed by atoms with Gasteiger partial charge in [-0.3, -0.25) is 5.41 Å². The van der Waals surface area contributed by atoms with E-state index < -0.39 is 0 Å². The van der Waals surface area contributed by atoms with Crippen molar-refractivity contribution >= 4 is 17.5 Å². The number of amidine groups is 1. The van der Waals surface area contributed by atoms with Crippen LogP contribution >= 0.6 is 0 Å². The smallest absolute Gasteiger partial charge is 0.337 e. The predicted octanol–water partition coefficient (Wildman–Crippen LogP) is 0.821. The lowest BCUT2D eigenvalue weighted by atomic mass is 10.2. The van der Waals surface area contributed by atoms with E-state index in [-0.39, 0.29) is 18.3 Å². The maximum absolute atomic E-state index is 11.1. The van der Waals surface area contributed by atoms with Crippen molar-refractivity contribution in [2.45, 2.75) is 0 Å². The fourth-order valence-electron chi connectivity index (χ4n) is 1.04. The lowest BCUT2D eigenvalue weighted by Crippen LogP contribution is -2.20. The molecule has 0 aliphatic rings. The molecule has 0 aliphatic carbocycles. The minimum atomic E-state index is -0.367. The molecule has 0 saturated carbocycles. The van der Waals surface area contributed by atoms with Crippen LogP contribution in [0.2, 0.25) is 0 Å². The average Bonchev–Trinajstić information content (AvgIpc) is 2.26. The maximum Gasteiger partial charge on any atom is 0.337 e. The van der Waals surface area contributed by atoms with Gasteiger partial charge in [-0.1, -0.05) is 0 Å². The van der Waals surface area contributed by atoms with E-state index in [2.05, 4.69) is 10.1 Å². The normalized spacial score (nSPS) is 9.40. The van der Waals surface area contributed by atoms with E-state index in [9.17, 15) is 4.79 Å². The first-order valence-corrected chi connectivity index (χ1v) is 4.38. The van der Waals surface area contributed by atoms with Crippen molar-refractivity contribution in [1.82, 2.24) is 0 Å². The van der Waals surface area contributed by atoms with Crippen LogP contribution in [0.1, 0.15) is 10.4 Å². The predicted molar refractivity (Wildman–Crippen MR) is 58.2 cm³/mol. The van der Waals surface area contributed by atoms with Crippen LogP contribution < -0.4 is 11.1 Å². The first-order chi connectivity index (χ1) is 7.13. The molecule has 0 spiro atoms. The molecule has 0 aliphatic heterocycles. The van der Waals surface area contributed by atoms with Gasteiger partial charge in [-0.2, -0.15) is 0 Å². The fraction of sp³-hybridized carbons (Fsp3) is 0.200. The minimum absolute atomic E-state index is 0.0621. The third kappa shape index (κ3) is 3.30. The molecule has 5 nitrogen and oxygen atoms in total. The highest BCUT2D eigenvalue weighted by Gasteiger charge is 2.03. The summed E-state index contributed by atoms with van der Waals surface area (Å²) < 4.78 is 4.56. The molecule has 80 valence electrons. The summed E-state index contributed by atoms with van der Waals surface area (Å²) in [5.74, 6) is -0.305. The van der Waals surface area contributed by atoms with Crippen LogP contribution in [0.25, 0.3) is 0 Å². The van der Waals surface area contributed by atoms with Gasteiger partial charge in [-0.25, -0.2) is 4.79 Å². The number of rotatable bonds is 4. The van der Waals surface area contributed by atoms with Gasteiger partial charge in [0.2, 0.25) is 0 Å². The Bertz CT molecular complexity index is 359. The van der Waals surface area contributed by atoms with Crippen molar-refractivity contribution in [2.75, 3.05) is 19.0 Å². The SMILES string of the molecule is COC(=O)c1ccc(NCC(=N)N)cc1. The third-order valence-corrected chi connectivity index (χ3v) is 1.79. The molecule has 0 heterocycles. The standard InChI is InChI=1S/C10H13N3O2/c1-15-10(14)7-2-4-8(5-3-7)13-6-9(11)12/h2-5,13H,6H2,1H3,(H3,11,12). The second kappa shape index (κ2) is 4.99. The van der Waals surface area contributed by atoms with Crippen LogP contribution in [-0.2, 0) is 4.74 Å².